The molecule has 1 amide bonds. The van der Waals surface area contributed by atoms with Crippen molar-refractivity contribution in [2.24, 2.45) is 4.99 Å². The Labute approximate surface area is 68.1 Å². The number of hydrogen-bond donors (Lipinski definition) is 0. The molecule has 0 saturated carbocycles. The zero-order chi connectivity index (χ0) is 8.55. The van der Waals surface area contributed by atoms with Crippen molar-refractivity contribution in [1.82, 2.24) is 0 Å². The maximum Gasteiger partial charge on any atom is 0.270 e. The Kier molecular flexibility index (Phi) is 1.50. The van der Waals surface area contributed by atoms with Crippen LogP contribution >= 0.6 is 0 Å². The van der Waals surface area contributed by atoms with Gasteiger partial charge in [0.15, 0.2) is 0 Å². The van der Waals surface area contributed by atoms with Gasteiger partial charge >= 0.3 is 0 Å². The summed E-state index contributed by atoms with van der Waals surface area (Å²) in [6, 6.07) is 4.96. The second-order valence-corrected chi connectivity index (χ2v) is 2.62. The Hall–Kier alpha value is -1.51. The Morgan fingerprint density at radius 1 is 1.42 bits per heavy atom. The van der Waals surface area contributed by atoms with Crippen LogP contribution < -0.4 is 10.6 Å². The molecule has 0 aromatic heterocycles. The van der Waals surface area contributed by atoms with Crippen LogP contribution in [0.25, 0.3) is 6.08 Å². The van der Waals surface area contributed by atoms with E-state index in [1.54, 1.807) is 18.2 Å². The highest BCUT2D eigenvalue weighted by Crippen LogP contribution is 1.95. The van der Waals surface area contributed by atoms with E-state index in [1.165, 1.54) is 6.08 Å². The molecule has 3 heteroatoms. The van der Waals surface area contributed by atoms with Gasteiger partial charge in [0.1, 0.15) is 6.67 Å². The molecule has 1 aromatic carbocycles. The summed E-state index contributed by atoms with van der Waals surface area (Å²) in [5, 5.41) is 1.35. The molecular weight excluding hydrogens is 157 g/mol. The first kappa shape index (κ1) is 7.16. The van der Waals surface area contributed by atoms with Crippen LogP contribution in [-0.4, -0.2) is 5.91 Å². The highest BCUT2D eigenvalue weighted by molar-refractivity contribution is 6.06. The lowest BCUT2D eigenvalue weighted by atomic mass is 10.2. The summed E-state index contributed by atoms with van der Waals surface area (Å²) in [6.45, 7) is -0.517. The van der Waals surface area contributed by atoms with Crippen molar-refractivity contribution in [3.8, 4) is 0 Å². The number of nitrogens with zero attached hydrogens (tertiary/aromatic N) is 1. The topological polar surface area (TPSA) is 29.4 Å². The van der Waals surface area contributed by atoms with E-state index in [9.17, 15) is 9.18 Å². The molecule has 0 N–H and O–H groups in total. The van der Waals surface area contributed by atoms with E-state index in [0.717, 1.165) is 5.22 Å². The second-order valence-electron chi connectivity index (χ2n) is 2.62. The molecule has 0 radical (unpaired) electrons. The Morgan fingerprint density at radius 2 is 2.25 bits per heavy atom. The molecule has 60 valence electrons. The third kappa shape index (κ3) is 1.03. The molecule has 12 heavy (non-hydrogen) atoms. The number of carbonyl (C=O) groups is 1. The highest BCUT2D eigenvalue weighted by Gasteiger charge is 2.02. The first-order valence-corrected chi connectivity index (χ1v) is 3.59. The van der Waals surface area contributed by atoms with Crippen LogP contribution in [-0.2, 0) is 11.5 Å². The summed E-state index contributed by atoms with van der Waals surface area (Å²) in [7, 11) is 0. The molecule has 0 atom stereocenters. The Balaban J connectivity index is 2.72. The Bertz CT molecular complexity index is 450. The molecule has 1 aliphatic rings. The third-order valence-corrected chi connectivity index (χ3v) is 1.76. The number of hydrogen-bond acceptors (Lipinski definition) is 1. The van der Waals surface area contributed by atoms with Crippen LogP contribution in [0.4, 0.5) is 4.39 Å². The molecule has 0 saturated heterocycles. The minimum absolute atomic E-state index is 0.263. The van der Waals surface area contributed by atoms with E-state index >= 15 is 0 Å². The SMILES string of the molecule is O=C1C=c2ccc(CF)cc2=N1. The second kappa shape index (κ2) is 2.52. The molecule has 0 fully saturated rings. The number of alkyl halides is 1. The van der Waals surface area contributed by atoms with Gasteiger partial charge in [-0.25, -0.2) is 9.38 Å². The summed E-state index contributed by atoms with van der Waals surface area (Å²) in [5.74, 6) is -0.263. The Morgan fingerprint density at radius 3 is 3.00 bits per heavy atom. The lowest BCUT2D eigenvalue weighted by Crippen LogP contribution is -2.21. The average Bonchev–Trinajstić information content (AvgIpc) is 2.43. The van der Waals surface area contributed by atoms with Gasteiger partial charge < -0.3 is 0 Å². The van der Waals surface area contributed by atoms with Gasteiger partial charge in [-0.3, -0.25) is 4.79 Å². The number of rotatable bonds is 1. The van der Waals surface area contributed by atoms with Crippen LogP contribution in [0.5, 0.6) is 0 Å². The van der Waals surface area contributed by atoms with Gasteiger partial charge in [0.05, 0.1) is 5.36 Å². The molecule has 0 spiro atoms. The smallest absolute Gasteiger partial charge is 0.267 e. The minimum atomic E-state index is -0.517. The zero-order valence-corrected chi connectivity index (χ0v) is 6.25. The van der Waals surface area contributed by atoms with Crippen molar-refractivity contribution >= 4 is 12.0 Å². The van der Waals surface area contributed by atoms with E-state index in [4.69, 9.17) is 0 Å². The van der Waals surface area contributed by atoms with Crippen molar-refractivity contribution in [3.05, 3.63) is 34.3 Å². The predicted octanol–water partition coefficient (Wildman–Crippen LogP) is 0.0964. The van der Waals surface area contributed by atoms with Crippen LogP contribution in [0.1, 0.15) is 5.56 Å². The van der Waals surface area contributed by atoms with Crippen LogP contribution in [0.3, 0.4) is 0 Å². The quantitative estimate of drug-likeness (QED) is 0.577. The molecule has 1 aromatic rings. The van der Waals surface area contributed by atoms with Crippen molar-refractivity contribution in [2.45, 2.75) is 6.67 Å². The zero-order valence-electron chi connectivity index (χ0n) is 6.25. The molecule has 0 aliphatic carbocycles. The lowest BCUT2D eigenvalue weighted by molar-refractivity contribution is -0.112. The third-order valence-electron chi connectivity index (χ3n) is 1.76. The summed E-state index contributed by atoms with van der Waals surface area (Å²) >= 11 is 0. The summed E-state index contributed by atoms with van der Waals surface area (Å²) < 4.78 is 12.2. The minimum Gasteiger partial charge on any atom is -0.267 e. The summed E-state index contributed by atoms with van der Waals surface area (Å²) in [5.41, 5.74) is 0.556. The number of carbonyl (C=O) groups excluding carboxylic acids is 1. The van der Waals surface area contributed by atoms with Gasteiger partial charge in [0, 0.05) is 11.3 Å². The van der Waals surface area contributed by atoms with Crippen molar-refractivity contribution in [2.75, 3.05) is 0 Å². The monoisotopic (exact) mass is 163 g/mol. The molecular formula is C9H6FNO. The van der Waals surface area contributed by atoms with E-state index in [2.05, 4.69) is 4.99 Å². The first-order valence-electron chi connectivity index (χ1n) is 3.59. The standard InChI is InChI=1S/C9H6FNO/c10-5-6-1-2-7-4-9(12)11-8(7)3-6/h1-4H,5H2. The van der Waals surface area contributed by atoms with E-state index < -0.39 is 6.67 Å². The maximum atomic E-state index is 12.2. The molecule has 0 unspecified atom stereocenters. The number of fused-ring (bicyclic) bond motifs is 1. The fourth-order valence-electron chi connectivity index (χ4n) is 1.18. The van der Waals surface area contributed by atoms with Crippen LogP contribution in [0.15, 0.2) is 23.2 Å². The average molecular weight is 163 g/mol. The summed E-state index contributed by atoms with van der Waals surface area (Å²) in [4.78, 5) is 14.5. The number of benzene rings is 1. The van der Waals surface area contributed by atoms with Gasteiger partial charge in [-0.1, -0.05) is 12.1 Å². The maximum absolute atomic E-state index is 12.2. The van der Waals surface area contributed by atoms with Gasteiger partial charge in [-0.2, -0.15) is 0 Å². The van der Waals surface area contributed by atoms with Crippen molar-refractivity contribution < 1.29 is 9.18 Å². The van der Waals surface area contributed by atoms with E-state index in [-0.39, 0.29) is 5.91 Å². The molecule has 1 aliphatic heterocycles. The fraction of sp³-hybridized carbons (Fsp3) is 0.111. The van der Waals surface area contributed by atoms with Gasteiger partial charge in [0.2, 0.25) is 0 Å². The molecule has 2 nitrogen and oxygen atoms in total. The van der Waals surface area contributed by atoms with E-state index in [0.29, 0.717) is 10.9 Å². The first-order chi connectivity index (χ1) is 5.79. The van der Waals surface area contributed by atoms with Crippen molar-refractivity contribution in [1.29, 1.82) is 0 Å². The van der Waals surface area contributed by atoms with Crippen LogP contribution in [0, 0.1) is 0 Å². The van der Waals surface area contributed by atoms with E-state index in [1.807, 2.05) is 0 Å². The van der Waals surface area contributed by atoms with Crippen LogP contribution in [0.2, 0.25) is 0 Å². The fourth-order valence-corrected chi connectivity index (χ4v) is 1.18. The van der Waals surface area contributed by atoms with Gasteiger partial charge in [-0.15, -0.1) is 0 Å². The molecule has 2 rings (SSSR count). The van der Waals surface area contributed by atoms with Crippen molar-refractivity contribution in [3.63, 3.8) is 0 Å². The normalized spacial score (nSPS) is 13.6. The van der Waals surface area contributed by atoms with Gasteiger partial charge in [-0.05, 0) is 11.6 Å². The lowest BCUT2D eigenvalue weighted by Gasteiger charge is -1.89. The predicted molar refractivity (Wildman–Crippen MR) is 41.5 cm³/mol. The molecule has 1 heterocycles. The molecule has 0 bridgehead atoms. The summed E-state index contributed by atoms with van der Waals surface area (Å²) in [6.07, 6.45) is 1.44. The highest BCUT2D eigenvalue weighted by atomic mass is 19.1. The largest absolute Gasteiger partial charge is 0.270 e. The number of halogens is 1. The number of amides is 1. The van der Waals surface area contributed by atoms with Gasteiger partial charge in [0.25, 0.3) is 5.91 Å².